The second-order valence-corrected chi connectivity index (χ2v) is 6.40. The third kappa shape index (κ3) is 3.98. The van der Waals surface area contributed by atoms with Crippen molar-refractivity contribution in [2.75, 3.05) is 26.2 Å². The van der Waals surface area contributed by atoms with Crippen molar-refractivity contribution < 1.29 is 0 Å². The summed E-state index contributed by atoms with van der Waals surface area (Å²) < 4.78 is 1.79. The van der Waals surface area contributed by atoms with Gasteiger partial charge in [0.2, 0.25) is 0 Å². The molecule has 3 heterocycles. The normalized spacial score (nSPS) is 17.2. The average Bonchev–Trinajstić information content (AvgIpc) is 3.16. The van der Waals surface area contributed by atoms with Gasteiger partial charge < -0.3 is 4.90 Å². The third-order valence-electron chi connectivity index (χ3n) is 4.50. The van der Waals surface area contributed by atoms with Crippen molar-refractivity contribution in [2.45, 2.75) is 13.0 Å². The molecule has 1 aromatic heterocycles. The maximum absolute atomic E-state index is 4.69. The van der Waals surface area contributed by atoms with E-state index in [0.29, 0.717) is 0 Å². The van der Waals surface area contributed by atoms with Crippen molar-refractivity contribution in [3.8, 4) is 12.0 Å². The van der Waals surface area contributed by atoms with Crippen molar-refractivity contribution >= 4 is 6.34 Å². The molecule has 0 N–H and O–H groups in total. The second kappa shape index (κ2) is 7.37. The smallest absolute Gasteiger partial charge is 0.106 e. The summed E-state index contributed by atoms with van der Waals surface area (Å²) in [6.45, 7) is 4.61. The molecular formula is C20H21N5. The first-order valence-corrected chi connectivity index (χ1v) is 8.59. The van der Waals surface area contributed by atoms with E-state index in [4.69, 9.17) is 0 Å². The molecule has 0 saturated carbocycles. The fourth-order valence-corrected chi connectivity index (χ4v) is 3.23. The molecule has 0 saturated heterocycles. The van der Waals surface area contributed by atoms with E-state index in [9.17, 15) is 0 Å². The van der Waals surface area contributed by atoms with E-state index in [2.05, 4.69) is 62.1 Å². The summed E-state index contributed by atoms with van der Waals surface area (Å²) in [6, 6.07) is 13.6. The predicted molar refractivity (Wildman–Crippen MR) is 98.8 cm³/mol. The second-order valence-electron chi connectivity index (χ2n) is 6.40. The molecule has 2 aliphatic rings. The van der Waals surface area contributed by atoms with Gasteiger partial charge in [-0.2, -0.15) is 0 Å². The van der Waals surface area contributed by atoms with E-state index in [-0.39, 0.29) is 0 Å². The molecule has 0 fully saturated rings. The van der Waals surface area contributed by atoms with Gasteiger partial charge in [0.05, 0.1) is 12.9 Å². The van der Waals surface area contributed by atoms with Crippen LogP contribution in [0.4, 0.5) is 0 Å². The molecule has 4 rings (SSSR count). The maximum atomic E-state index is 4.69. The van der Waals surface area contributed by atoms with Crippen molar-refractivity contribution in [2.24, 2.45) is 4.99 Å². The molecule has 0 spiro atoms. The first-order chi connectivity index (χ1) is 12.4. The van der Waals surface area contributed by atoms with Crippen LogP contribution in [0.2, 0.25) is 0 Å². The summed E-state index contributed by atoms with van der Waals surface area (Å²) in [7, 11) is 0. The lowest BCUT2D eigenvalue weighted by molar-refractivity contribution is 0.300. The van der Waals surface area contributed by atoms with Gasteiger partial charge >= 0.3 is 0 Å². The monoisotopic (exact) mass is 331 g/mol. The van der Waals surface area contributed by atoms with Gasteiger partial charge in [-0.3, -0.25) is 9.47 Å². The molecule has 25 heavy (non-hydrogen) atoms. The van der Waals surface area contributed by atoms with Crippen molar-refractivity contribution in [3.05, 3.63) is 65.9 Å². The minimum absolute atomic E-state index is 0.775. The topological polar surface area (TPSA) is 36.7 Å². The quantitative estimate of drug-likeness (QED) is 0.809. The standard InChI is InChI=1S/C20H21N5/c1-2-5-18(6-3-1)13-25-15-19-14-23(11-7-20(19)22-17-25)9-4-10-24-12-8-21-16-24/h1-3,5-6,8,12,16-17H,7,9,11,13-15H2. The van der Waals surface area contributed by atoms with Crippen LogP contribution in [0.1, 0.15) is 12.0 Å². The molecule has 1 aromatic carbocycles. The van der Waals surface area contributed by atoms with Crippen LogP contribution in [0.15, 0.2) is 65.3 Å². The van der Waals surface area contributed by atoms with Crippen LogP contribution in [0.5, 0.6) is 0 Å². The van der Waals surface area contributed by atoms with Crippen molar-refractivity contribution in [3.63, 3.8) is 0 Å². The minimum atomic E-state index is 0.775. The largest absolute Gasteiger partial charge is 0.354 e. The van der Waals surface area contributed by atoms with Gasteiger partial charge in [-0.05, 0) is 11.1 Å². The average molecular weight is 331 g/mol. The minimum Gasteiger partial charge on any atom is -0.354 e. The van der Waals surface area contributed by atoms with Crippen LogP contribution in [-0.4, -0.2) is 51.9 Å². The van der Waals surface area contributed by atoms with E-state index in [0.717, 1.165) is 39.1 Å². The fourth-order valence-electron chi connectivity index (χ4n) is 3.23. The zero-order chi connectivity index (χ0) is 16.9. The van der Waals surface area contributed by atoms with Gasteiger partial charge in [0.15, 0.2) is 0 Å². The number of hydrogen-bond acceptors (Lipinski definition) is 4. The number of nitrogens with zero attached hydrogens (tertiary/aromatic N) is 5. The molecular weight excluding hydrogens is 310 g/mol. The zero-order valence-electron chi connectivity index (χ0n) is 14.2. The van der Waals surface area contributed by atoms with Crippen LogP contribution in [0.3, 0.4) is 0 Å². The molecule has 0 aliphatic carbocycles. The Kier molecular flexibility index (Phi) is 4.62. The highest BCUT2D eigenvalue weighted by Crippen LogP contribution is 2.23. The van der Waals surface area contributed by atoms with Gasteiger partial charge in [-0.25, -0.2) is 9.98 Å². The highest BCUT2D eigenvalue weighted by atomic mass is 15.2. The van der Waals surface area contributed by atoms with Gasteiger partial charge in [0, 0.05) is 56.7 Å². The Morgan fingerprint density at radius 1 is 1.12 bits per heavy atom. The maximum Gasteiger partial charge on any atom is 0.106 e. The lowest BCUT2D eigenvalue weighted by atomic mass is 10.0. The SMILES string of the molecule is C(#Cn1ccnc1)CN1CCC2=C(CN(Cc3ccccc3)C=N2)C1. The van der Waals surface area contributed by atoms with E-state index >= 15 is 0 Å². The summed E-state index contributed by atoms with van der Waals surface area (Å²) >= 11 is 0. The van der Waals surface area contributed by atoms with Crippen LogP contribution in [0, 0.1) is 12.0 Å². The first-order valence-electron chi connectivity index (χ1n) is 8.59. The number of rotatable bonds is 3. The molecule has 0 amide bonds. The molecule has 2 aliphatic heterocycles. The Morgan fingerprint density at radius 3 is 2.88 bits per heavy atom. The first kappa shape index (κ1) is 15.7. The van der Waals surface area contributed by atoms with Crippen molar-refractivity contribution in [1.29, 1.82) is 0 Å². The van der Waals surface area contributed by atoms with Crippen LogP contribution < -0.4 is 0 Å². The van der Waals surface area contributed by atoms with Gasteiger partial charge in [0.25, 0.3) is 0 Å². The Hall–Kier alpha value is -2.84. The highest BCUT2D eigenvalue weighted by Gasteiger charge is 2.22. The molecule has 5 heteroatoms. The number of aromatic nitrogens is 2. The Bertz CT molecular complexity index is 824. The van der Waals surface area contributed by atoms with E-state index in [1.165, 1.54) is 16.8 Å². The summed E-state index contributed by atoms with van der Waals surface area (Å²) in [5.41, 5.74) is 4.01. The van der Waals surface area contributed by atoms with E-state index < -0.39 is 0 Å². The zero-order valence-corrected chi connectivity index (χ0v) is 14.2. The molecule has 0 unspecified atom stereocenters. The summed E-state index contributed by atoms with van der Waals surface area (Å²) in [4.78, 5) is 13.4. The van der Waals surface area contributed by atoms with Crippen LogP contribution >= 0.6 is 0 Å². The summed E-state index contributed by atoms with van der Waals surface area (Å²) in [6.07, 6.45) is 8.34. The number of imidazole rings is 1. The molecule has 0 atom stereocenters. The van der Waals surface area contributed by atoms with Crippen LogP contribution in [0.25, 0.3) is 0 Å². The van der Waals surface area contributed by atoms with Crippen LogP contribution in [-0.2, 0) is 6.54 Å². The summed E-state index contributed by atoms with van der Waals surface area (Å²) in [5.74, 6) is 3.23. The molecule has 126 valence electrons. The van der Waals surface area contributed by atoms with Gasteiger partial charge in [-0.1, -0.05) is 36.3 Å². The lowest BCUT2D eigenvalue weighted by Gasteiger charge is -2.33. The fraction of sp³-hybridized carbons (Fsp3) is 0.300. The van der Waals surface area contributed by atoms with Gasteiger partial charge in [-0.15, -0.1) is 0 Å². The number of aliphatic imine (C=N–C) groups is 1. The lowest BCUT2D eigenvalue weighted by Crippen LogP contribution is -2.38. The highest BCUT2D eigenvalue weighted by molar-refractivity contribution is 5.60. The Labute approximate surface area is 148 Å². The molecule has 0 bridgehead atoms. The third-order valence-corrected chi connectivity index (χ3v) is 4.50. The van der Waals surface area contributed by atoms with E-state index in [1.54, 1.807) is 17.1 Å². The van der Waals surface area contributed by atoms with Gasteiger partial charge in [0.1, 0.15) is 6.33 Å². The van der Waals surface area contributed by atoms with Crippen molar-refractivity contribution in [1.82, 2.24) is 19.4 Å². The molecule has 0 radical (unpaired) electrons. The molecule has 2 aromatic rings. The predicted octanol–water partition coefficient (Wildman–Crippen LogP) is 2.20. The Morgan fingerprint density at radius 2 is 2.04 bits per heavy atom. The van der Waals surface area contributed by atoms with E-state index in [1.807, 2.05) is 12.5 Å². The molecule has 5 nitrogen and oxygen atoms in total. The number of benzene rings is 1. The number of hydrogen-bond donors (Lipinski definition) is 0. The Balaban J connectivity index is 1.35. The summed E-state index contributed by atoms with van der Waals surface area (Å²) in [5, 5.41) is 0.